The van der Waals surface area contributed by atoms with Crippen LogP contribution in [-0.2, 0) is 10.3 Å². The molecule has 0 bridgehead atoms. The molecule has 2 rings (SSSR count). The molecule has 100 valence electrons. The van der Waals surface area contributed by atoms with Crippen LogP contribution in [0.15, 0.2) is 6.07 Å². The van der Waals surface area contributed by atoms with E-state index in [1.807, 2.05) is 19.9 Å². The molecule has 1 heterocycles. The summed E-state index contributed by atoms with van der Waals surface area (Å²) < 4.78 is 6.73. The van der Waals surface area contributed by atoms with E-state index >= 15 is 0 Å². The summed E-state index contributed by atoms with van der Waals surface area (Å²) in [6.45, 7) is 7.09. The van der Waals surface area contributed by atoms with Crippen LogP contribution in [0.4, 0.5) is 0 Å². The van der Waals surface area contributed by atoms with Crippen molar-refractivity contribution in [1.82, 2.24) is 9.97 Å². The van der Waals surface area contributed by atoms with Gasteiger partial charge in [-0.3, -0.25) is 0 Å². The number of nitrogens with one attached hydrogen (secondary N) is 1. The number of rotatable bonds is 3. The molecule has 0 saturated heterocycles. The van der Waals surface area contributed by atoms with Crippen LogP contribution in [0.1, 0.15) is 51.0 Å². The van der Waals surface area contributed by atoms with Gasteiger partial charge in [-0.1, -0.05) is 19.1 Å². The van der Waals surface area contributed by atoms with Crippen LogP contribution in [0.3, 0.4) is 0 Å². The Bertz CT molecular complexity index is 461. The van der Waals surface area contributed by atoms with E-state index < -0.39 is 0 Å². The molecule has 1 aromatic heterocycles. The summed E-state index contributed by atoms with van der Waals surface area (Å²) in [4.78, 5) is 7.86. The average Bonchev–Trinajstić information content (AvgIpc) is 2.31. The first-order chi connectivity index (χ1) is 8.55. The van der Waals surface area contributed by atoms with E-state index in [2.05, 4.69) is 16.9 Å². The molecular formula is C14H22N2OS. The zero-order chi connectivity index (χ0) is 13.2. The third-order valence-corrected chi connectivity index (χ3v) is 4.02. The van der Waals surface area contributed by atoms with E-state index in [9.17, 15) is 0 Å². The van der Waals surface area contributed by atoms with Gasteiger partial charge < -0.3 is 9.72 Å². The van der Waals surface area contributed by atoms with Crippen LogP contribution >= 0.6 is 12.2 Å². The molecule has 0 unspecified atom stereocenters. The van der Waals surface area contributed by atoms with Gasteiger partial charge in [-0.05, 0) is 51.5 Å². The maximum atomic E-state index is 6.07. The van der Waals surface area contributed by atoms with E-state index in [0.717, 1.165) is 30.3 Å². The highest BCUT2D eigenvalue weighted by molar-refractivity contribution is 7.71. The van der Waals surface area contributed by atoms with Crippen molar-refractivity contribution < 1.29 is 4.74 Å². The first-order valence-electron chi connectivity index (χ1n) is 6.78. The van der Waals surface area contributed by atoms with E-state index in [-0.39, 0.29) is 5.60 Å². The topological polar surface area (TPSA) is 37.9 Å². The summed E-state index contributed by atoms with van der Waals surface area (Å²) in [5, 5.41) is 0. The Balaban J connectivity index is 2.37. The fraction of sp³-hybridized carbons (Fsp3) is 0.714. The van der Waals surface area contributed by atoms with Crippen molar-refractivity contribution in [2.24, 2.45) is 5.92 Å². The van der Waals surface area contributed by atoms with Crippen LogP contribution in [0.5, 0.6) is 0 Å². The minimum absolute atomic E-state index is 0.249. The fourth-order valence-electron chi connectivity index (χ4n) is 2.75. The van der Waals surface area contributed by atoms with Crippen molar-refractivity contribution in [3.63, 3.8) is 0 Å². The Kier molecular flexibility index (Phi) is 4.17. The predicted molar refractivity (Wildman–Crippen MR) is 75.1 cm³/mol. The van der Waals surface area contributed by atoms with Crippen molar-refractivity contribution in [2.45, 2.75) is 52.1 Å². The standard InChI is InChI=1S/C14H22N2OS/c1-4-17-14(7-5-10(2)6-8-14)13-15-11(3)9-12(18)16-13/h9-10H,4-8H2,1-3H3,(H,15,16,18). The monoisotopic (exact) mass is 266 g/mol. The lowest BCUT2D eigenvalue weighted by atomic mass is 9.79. The lowest BCUT2D eigenvalue weighted by Crippen LogP contribution is -2.36. The molecule has 0 amide bonds. The van der Waals surface area contributed by atoms with Gasteiger partial charge in [0.2, 0.25) is 0 Å². The quantitative estimate of drug-likeness (QED) is 0.843. The van der Waals surface area contributed by atoms with Gasteiger partial charge in [-0.15, -0.1) is 0 Å². The summed E-state index contributed by atoms with van der Waals surface area (Å²) in [5.41, 5.74) is 0.809. The van der Waals surface area contributed by atoms with Crippen molar-refractivity contribution >= 4 is 12.2 Å². The number of H-pyrrole nitrogens is 1. The number of hydrogen-bond acceptors (Lipinski definition) is 3. The van der Waals surface area contributed by atoms with Crippen LogP contribution in [0.25, 0.3) is 0 Å². The number of ether oxygens (including phenoxy) is 1. The van der Waals surface area contributed by atoms with Crippen LogP contribution in [0, 0.1) is 17.5 Å². The van der Waals surface area contributed by atoms with Crippen LogP contribution in [0.2, 0.25) is 0 Å². The SMILES string of the molecule is CCOC1(c2nc(=S)cc(C)[nH]2)CCC(C)CC1. The molecule has 1 saturated carbocycles. The second-order valence-electron chi connectivity index (χ2n) is 5.36. The number of hydrogen-bond donors (Lipinski definition) is 1. The molecule has 1 N–H and O–H groups in total. The summed E-state index contributed by atoms with van der Waals surface area (Å²) in [6, 6.07) is 1.89. The second kappa shape index (κ2) is 5.49. The second-order valence-corrected chi connectivity index (χ2v) is 5.78. The third kappa shape index (κ3) is 2.81. The minimum Gasteiger partial charge on any atom is -0.367 e. The van der Waals surface area contributed by atoms with E-state index in [0.29, 0.717) is 11.2 Å². The first kappa shape index (κ1) is 13.7. The normalized spacial score (nSPS) is 28.3. The smallest absolute Gasteiger partial charge is 0.140 e. The van der Waals surface area contributed by atoms with E-state index in [1.165, 1.54) is 12.8 Å². The molecule has 0 aromatic carbocycles. The van der Waals surface area contributed by atoms with Gasteiger partial charge in [-0.25, -0.2) is 4.98 Å². The van der Waals surface area contributed by atoms with Gasteiger partial charge in [0.1, 0.15) is 16.1 Å². The maximum Gasteiger partial charge on any atom is 0.140 e. The molecule has 0 radical (unpaired) electrons. The Morgan fingerprint density at radius 3 is 2.72 bits per heavy atom. The highest BCUT2D eigenvalue weighted by Crippen LogP contribution is 2.40. The fourth-order valence-corrected chi connectivity index (χ4v) is 3.02. The molecule has 1 fully saturated rings. The number of nitrogens with zero attached hydrogens (tertiary/aromatic N) is 1. The zero-order valence-electron chi connectivity index (χ0n) is 11.5. The minimum atomic E-state index is -0.249. The highest BCUT2D eigenvalue weighted by Gasteiger charge is 2.38. The van der Waals surface area contributed by atoms with Crippen LogP contribution < -0.4 is 0 Å². The van der Waals surface area contributed by atoms with Gasteiger partial charge in [0.05, 0.1) is 0 Å². The molecule has 1 aliphatic rings. The van der Waals surface area contributed by atoms with Gasteiger partial charge in [0.15, 0.2) is 0 Å². The molecule has 0 aliphatic heterocycles. The van der Waals surface area contributed by atoms with E-state index in [1.54, 1.807) is 0 Å². The molecule has 0 atom stereocenters. The Morgan fingerprint density at radius 2 is 2.17 bits per heavy atom. The van der Waals surface area contributed by atoms with Crippen LogP contribution in [-0.4, -0.2) is 16.6 Å². The largest absolute Gasteiger partial charge is 0.367 e. The summed E-state index contributed by atoms with van der Waals surface area (Å²) in [5.74, 6) is 1.70. The number of aryl methyl sites for hydroxylation is 1. The Morgan fingerprint density at radius 1 is 1.50 bits per heavy atom. The van der Waals surface area contributed by atoms with Gasteiger partial charge in [0, 0.05) is 12.3 Å². The zero-order valence-corrected chi connectivity index (χ0v) is 12.3. The Hall–Kier alpha value is -0.740. The van der Waals surface area contributed by atoms with Gasteiger partial charge in [0.25, 0.3) is 0 Å². The van der Waals surface area contributed by atoms with Crippen molar-refractivity contribution in [3.05, 3.63) is 22.2 Å². The maximum absolute atomic E-state index is 6.07. The molecule has 1 aliphatic carbocycles. The number of aromatic amines is 1. The molecule has 18 heavy (non-hydrogen) atoms. The summed E-state index contributed by atoms with van der Waals surface area (Å²) >= 11 is 5.23. The molecular weight excluding hydrogens is 244 g/mol. The highest BCUT2D eigenvalue weighted by atomic mass is 32.1. The first-order valence-corrected chi connectivity index (χ1v) is 7.19. The lowest BCUT2D eigenvalue weighted by Gasteiger charge is -2.38. The number of aromatic nitrogens is 2. The summed E-state index contributed by atoms with van der Waals surface area (Å²) in [6.07, 6.45) is 4.44. The van der Waals surface area contributed by atoms with Crippen molar-refractivity contribution in [3.8, 4) is 0 Å². The lowest BCUT2D eigenvalue weighted by molar-refractivity contribution is -0.0838. The molecule has 1 aromatic rings. The van der Waals surface area contributed by atoms with Crippen molar-refractivity contribution in [2.75, 3.05) is 6.61 Å². The molecule has 4 heteroatoms. The summed E-state index contributed by atoms with van der Waals surface area (Å²) in [7, 11) is 0. The molecule has 0 spiro atoms. The van der Waals surface area contributed by atoms with Crippen molar-refractivity contribution in [1.29, 1.82) is 0 Å². The predicted octanol–water partition coefficient (Wildman–Crippen LogP) is 3.89. The Labute approximate surface area is 114 Å². The van der Waals surface area contributed by atoms with Gasteiger partial charge in [-0.2, -0.15) is 0 Å². The molecule has 3 nitrogen and oxygen atoms in total. The van der Waals surface area contributed by atoms with Gasteiger partial charge >= 0.3 is 0 Å². The third-order valence-electron chi connectivity index (χ3n) is 3.81. The van der Waals surface area contributed by atoms with E-state index in [4.69, 9.17) is 17.0 Å². The average molecular weight is 266 g/mol.